The zero-order valence-electron chi connectivity index (χ0n) is 10.3. The average molecular weight is 290 g/mol. The lowest BCUT2D eigenvalue weighted by molar-refractivity contribution is -0.141. The molecule has 20 heavy (non-hydrogen) atoms. The van der Waals surface area contributed by atoms with Crippen LogP contribution in [0.2, 0.25) is 0 Å². The van der Waals surface area contributed by atoms with E-state index in [1.807, 2.05) is 0 Å². The second-order valence-electron chi connectivity index (χ2n) is 4.21. The number of hydrogen-bond acceptors (Lipinski definition) is 5. The van der Waals surface area contributed by atoms with E-state index in [-0.39, 0.29) is 24.8 Å². The number of anilines is 1. The maximum atomic E-state index is 12.6. The van der Waals surface area contributed by atoms with Crippen LogP contribution in [-0.2, 0) is 10.9 Å². The maximum Gasteiger partial charge on any atom is 0.433 e. The third kappa shape index (κ3) is 3.10. The van der Waals surface area contributed by atoms with Gasteiger partial charge < -0.3 is 20.6 Å². The van der Waals surface area contributed by atoms with Crippen LogP contribution >= 0.6 is 0 Å². The smallest absolute Gasteiger partial charge is 0.409 e. The molecule has 0 amide bonds. The van der Waals surface area contributed by atoms with Gasteiger partial charge in [-0.25, -0.2) is 4.98 Å². The fourth-order valence-corrected chi connectivity index (χ4v) is 1.86. The van der Waals surface area contributed by atoms with E-state index in [9.17, 15) is 13.2 Å². The summed E-state index contributed by atoms with van der Waals surface area (Å²) in [6.07, 6.45) is -5.17. The van der Waals surface area contributed by atoms with Crippen molar-refractivity contribution in [3.8, 4) is 0 Å². The molecule has 6 nitrogen and oxygen atoms in total. The van der Waals surface area contributed by atoms with Gasteiger partial charge in [0.05, 0.1) is 13.2 Å². The minimum absolute atomic E-state index is 0.123. The van der Waals surface area contributed by atoms with Crippen LogP contribution in [0.25, 0.3) is 0 Å². The Morgan fingerprint density at radius 3 is 2.90 bits per heavy atom. The molecular weight excluding hydrogens is 277 g/mol. The number of pyridine rings is 1. The number of rotatable bonds is 2. The maximum absolute atomic E-state index is 12.6. The van der Waals surface area contributed by atoms with Gasteiger partial charge in [-0.3, -0.25) is 0 Å². The van der Waals surface area contributed by atoms with Gasteiger partial charge in [-0.05, 0) is 12.1 Å². The number of nitrogens with zero attached hydrogens (tertiary/aromatic N) is 3. The lowest BCUT2D eigenvalue weighted by Crippen LogP contribution is -2.48. The molecule has 1 unspecified atom stereocenters. The molecule has 1 aliphatic rings. The number of aromatic nitrogens is 1. The molecular formula is C11H13F3N4O2. The van der Waals surface area contributed by atoms with E-state index in [4.69, 9.17) is 15.7 Å². The quantitative estimate of drug-likeness (QED) is 0.368. The summed E-state index contributed by atoms with van der Waals surface area (Å²) in [6, 6.07) is 3.67. The number of alkyl halides is 3. The van der Waals surface area contributed by atoms with Crippen LogP contribution in [-0.4, -0.2) is 41.8 Å². The zero-order valence-corrected chi connectivity index (χ0v) is 10.3. The number of amidine groups is 1. The molecule has 1 aromatic rings. The van der Waals surface area contributed by atoms with Crippen molar-refractivity contribution < 1.29 is 23.1 Å². The summed E-state index contributed by atoms with van der Waals surface area (Å²) < 4.78 is 43.1. The Kier molecular flexibility index (Phi) is 3.98. The van der Waals surface area contributed by atoms with Crippen LogP contribution in [0.4, 0.5) is 19.0 Å². The molecule has 2 rings (SSSR count). The molecule has 0 aromatic carbocycles. The lowest BCUT2D eigenvalue weighted by atomic mass is 10.2. The van der Waals surface area contributed by atoms with Crippen molar-refractivity contribution in [2.24, 2.45) is 10.9 Å². The topological polar surface area (TPSA) is 84.0 Å². The summed E-state index contributed by atoms with van der Waals surface area (Å²) in [5.74, 6) is 0.0561. The number of ether oxygens (including phenoxy) is 1. The van der Waals surface area contributed by atoms with E-state index in [2.05, 4.69) is 10.1 Å². The highest BCUT2D eigenvalue weighted by molar-refractivity contribution is 5.85. The van der Waals surface area contributed by atoms with Gasteiger partial charge in [-0.2, -0.15) is 13.2 Å². The molecule has 110 valence electrons. The van der Waals surface area contributed by atoms with E-state index in [0.717, 1.165) is 6.07 Å². The molecule has 1 fully saturated rings. The fraction of sp³-hybridized carbons (Fsp3) is 0.455. The van der Waals surface area contributed by atoms with Crippen molar-refractivity contribution in [2.75, 3.05) is 24.6 Å². The first-order valence-electron chi connectivity index (χ1n) is 5.80. The van der Waals surface area contributed by atoms with Crippen molar-refractivity contribution in [3.63, 3.8) is 0 Å². The van der Waals surface area contributed by atoms with Crippen LogP contribution in [0.1, 0.15) is 5.69 Å². The van der Waals surface area contributed by atoms with Crippen molar-refractivity contribution in [1.29, 1.82) is 0 Å². The Hall–Kier alpha value is -2.03. The van der Waals surface area contributed by atoms with Crippen molar-refractivity contribution in [1.82, 2.24) is 4.98 Å². The van der Waals surface area contributed by atoms with Crippen LogP contribution in [0.5, 0.6) is 0 Å². The van der Waals surface area contributed by atoms with Crippen LogP contribution in [0, 0.1) is 0 Å². The van der Waals surface area contributed by atoms with Gasteiger partial charge in [0, 0.05) is 6.54 Å². The number of morpholine rings is 1. The minimum Gasteiger partial charge on any atom is -0.409 e. The standard InChI is InChI=1S/C11H13F3N4O2/c12-11(13,14)8-2-1-3-9(16-8)18-4-5-20-7(6-18)10(15)17-19/h1-3,7,19H,4-6H2,(H2,15,17). The van der Waals surface area contributed by atoms with Crippen molar-refractivity contribution in [3.05, 3.63) is 23.9 Å². The van der Waals surface area contributed by atoms with Gasteiger partial charge in [-0.15, -0.1) is 0 Å². The molecule has 1 atom stereocenters. The molecule has 0 radical (unpaired) electrons. The predicted molar refractivity (Wildman–Crippen MR) is 64.6 cm³/mol. The number of halogens is 3. The zero-order chi connectivity index (χ0) is 14.8. The third-order valence-corrected chi connectivity index (χ3v) is 2.86. The summed E-state index contributed by atoms with van der Waals surface area (Å²) in [5, 5.41) is 11.4. The number of hydrogen-bond donors (Lipinski definition) is 2. The molecule has 2 heterocycles. The molecule has 9 heteroatoms. The number of oxime groups is 1. The van der Waals surface area contributed by atoms with E-state index in [1.54, 1.807) is 4.90 Å². The summed E-state index contributed by atoms with van der Waals surface area (Å²) in [7, 11) is 0. The first-order valence-corrected chi connectivity index (χ1v) is 5.80. The summed E-state index contributed by atoms with van der Waals surface area (Å²) in [5.41, 5.74) is 4.48. The molecule has 0 saturated carbocycles. The van der Waals surface area contributed by atoms with Gasteiger partial charge in [-0.1, -0.05) is 11.2 Å². The molecule has 1 aliphatic heterocycles. The largest absolute Gasteiger partial charge is 0.433 e. The van der Waals surface area contributed by atoms with Crippen molar-refractivity contribution >= 4 is 11.7 Å². The molecule has 1 aromatic heterocycles. The Labute approximate surface area is 112 Å². The second-order valence-corrected chi connectivity index (χ2v) is 4.21. The summed E-state index contributed by atoms with van der Waals surface area (Å²) >= 11 is 0. The first-order chi connectivity index (χ1) is 9.41. The van der Waals surface area contributed by atoms with Crippen LogP contribution < -0.4 is 10.6 Å². The fourth-order valence-electron chi connectivity index (χ4n) is 1.86. The van der Waals surface area contributed by atoms with E-state index >= 15 is 0 Å². The first kappa shape index (κ1) is 14.4. The van der Waals surface area contributed by atoms with E-state index in [1.165, 1.54) is 12.1 Å². The van der Waals surface area contributed by atoms with Gasteiger partial charge in [0.2, 0.25) is 0 Å². The van der Waals surface area contributed by atoms with E-state index in [0.29, 0.717) is 6.54 Å². The van der Waals surface area contributed by atoms with Gasteiger partial charge in [0.15, 0.2) is 5.84 Å². The highest BCUT2D eigenvalue weighted by Crippen LogP contribution is 2.29. The molecule has 0 aliphatic carbocycles. The summed E-state index contributed by atoms with van der Waals surface area (Å²) in [6.45, 7) is 0.798. The number of nitrogens with two attached hydrogens (primary N) is 1. The SMILES string of the molecule is N/C(=N/O)C1CN(c2cccc(C(F)(F)F)n2)CCO1. The molecule has 0 spiro atoms. The summed E-state index contributed by atoms with van der Waals surface area (Å²) in [4.78, 5) is 5.19. The Bertz CT molecular complexity index is 507. The Morgan fingerprint density at radius 1 is 1.50 bits per heavy atom. The highest BCUT2D eigenvalue weighted by atomic mass is 19.4. The van der Waals surface area contributed by atoms with Crippen LogP contribution in [0.15, 0.2) is 23.4 Å². The molecule has 1 saturated heterocycles. The van der Waals surface area contributed by atoms with Crippen LogP contribution in [0.3, 0.4) is 0 Å². The van der Waals surface area contributed by atoms with Crippen molar-refractivity contribution in [2.45, 2.75) is 12.3 Å². The van der Waals surface area contributed by atoms with E-state index < -0.39 is 18.0 Å². The predicted octanol–water partition coefficient (Wildman–Crippen LogP) is 1.05. The highest BCUT2D eigenvalue weighted by Gasteiger charge is 2.33. The monoisotopic (exact) mass is 290 g/mol. The second kappa shape index (κ2) is 5.53. The molecule has 0 bridgehead atoms. The van der Waals surface area contributed by atoms with Gasteiger partial charge in [0.1, 0.15) is 17.6 Å². The van der Waals surface area contributed by atoms with Gasteiger partial charge in [0.25, 0.3) is 0 Å². The Balaban J connectivity index is 2.19. The lowest BCUT2D eigenvalue weighted by Gasteiger charge is -2.33. The van der Waals surface area contributed by atoms with Gasteiger partial charge >= 0.3 is 6.18 Å². The average Bonchev–Trinajstić information content (AvgIpc) is 2.46. The minimum atomic E-state index is -4.49. The Morgan fingerprint density at radius 2 is 2.25 bits per heavy atom. The molecule has 3 N–H and O–H groups in total. The normalized spacial score (nSPS) is 21.1. The third-order valence-electron chi connectivity index (χ3n) is 2.86.